The van der Waals surface area contributed by atoms with E-state index in [9.17, 15) is 0 Å². The quantitative estimate of drug-likeness (QED) is 0.873. The SMILES string of the molecule is CCC1CCCCC1C(N)c1ccnc(C)n1. The third kappa shape index (κ3) is 2.83. The zero-order valence-corrected chi connectivity index (χ0v) is 10.9. The maximum Gasteiger partial charge on any atom is 0.125 e. The van der Waals surface area contributed by atoms with Crippen molar-refractivity contribution in [1.29, 1.82) is 0 Å². The summed E-state index contributed by atoms with van der Waals surface area (Å²) in [6.07, 6.45) is 8.33. The molecule has 3 heteroatoms. The number of aromatic nitrogens is 2. The number of nitrogens with two attached hydrogens (primary N) is 1. The maximum atomic E-state index is 6.41. The second-order valence-electron chi connectivity index (χ2n) is 5.17. The van der Waals surface area contributed by atoms with Gasteiger partial charge in [0.05, 0.1) is 11.7 Å². The van der Waals surface area contributed by atoms with Crippen molar-refractivity contribution in [2.75, 3.05) is 0 Å². The summed E-state index contributed by atoms with van der Waals surface area (Å²) in [5.41, 5.74) is 7.43. The normalized spacial score (nSPS) is 26.8. The minimum absolute atomic E-state index is 0.0851. The molecule has 3 nitrogen and oxygen atoms in total. The van der Waals surface area contributed by atoms with Crippen molar-refractivity contribution in [1.82, 2.24) is 9.97 Å². The lowest BCUT2D eigenvalue weighted by molar-refractivity contribution is 0.194. The zero-order chi connectivity index (χ0) is 12.3. The van der Waals surface area contributed by atoms with Gasteiger partial charge in [0.2, 0.25) is 0 Å². The van der Waals surface area contributed by atoms with Crippen LogP contribution >= 0.6 is 0 Å². The van der Waals surface area contributed by atoms with E-state index in [-0.39, 0.29) is 6.04 Å². The van der Waals surface area contributed by atoms with Crippen molar-refractivity contribution in [2.24, 2.45) is 17.6 Å². The Morgan fingerprint density at radius 2 is 2.18 bits per heavy atom. The van der Waals surface area contributed by atoms with E-state index in [1.807, 2.05) is 19.2 Å². The minimum Gasteiger partial charge on any atom is -0.322 e. The van der Waals surface area contributed by atoms with E-state index < -0.39 is 0 Å². The number of rotatable bonds is 3. The molecule has 1 aliphatic rings. The summed E-state index contributed by atoms with van der Waals surface area (Å²) in [6, 6.07) is 2.06. The lowest BCUT2D eigenvalue weighted by Gasteiger charge is -2.34. The highest BCUT2D eigenvalue weighted by molar-refractivity contribution is 5.09. The standard InChI is InChI=1S/C14H23N3/c1-3-11-6-4-5-7-12(11)14(15)13-8-9-16-10(2)17-13/h8-9,11-12,14H,3-7,15H2,1-2H3. The van der Waals surface area contributed by atoms with Gasteiger partial charge in [0, 0.05) is 6.20 Å². The van der Waals surface area contributed by atoms with Crippen molar-refractivity contribution in [2.45, 2.75) is 52.0 Å². The Bertz CT molecular complexity index is 364. The van der Waals surface area contributed by atoms with Gasteiger partial charge in [0.1, 0.15) is 5.82 Å². The van der Waals surface area contributed by atoms with Crippen LogP contribution in [0.5, 0.6) is 0 Å². The summed E-state index contributed by atoms with van der Waals surface area (Å²) in [7, 11) is 0. The molecule has 1 saturated carbocycles. The van der Waals surface area contributed by atoms with Crippen LogP contribution in [-0.2, 0) is 0 Å². The molecule has 0 aromatic carbocycles. The van der Waals surface area contributed by atoms with E-state index >= 15 is 0 Å². The van der Waals surface area contributed by atoms with Crippen LogP contribution in [-0.4, -0.2) is 9.97 Å². The van der Waals surface area contributed by atoms with Gasteiger partial charge in [-0.05, 0) is 31.2 Å². The van der Waals surface area contributed by atoms with Gasteiger partial charge in [-0.1, -0.05) is 32.6 Å². The molecule has 3 atom stereocenters. The Morgan fingerprint density at radius 3 is 2.88 bits per heavy atom. The first-order valence-electron chi connectivity index (χ1n) is 6.77. The van der Waals surface area contributed by atoms with E-state index in [4.69, 9.17) is 5.73 Å². The van der Waals surface area contributed by atoms with Crippen molar-refractivity contribution in [3.05, 3.63) is 23.8 Å². The molecule has 1 aliphatic carbocycles. The molecule has 0 aliphatic heterocycles. The number of nitrogens with zero attached hydrogens (tertiary/aromatic N) is 2. The van der Waals surface area contributed by atoms with Crippen LogP contribution in [0.2, 0.25) is 0 Å². The molecule has 2 rings (SSSR count). The van der Waals surface area contributed by atoms with Crippen LogP contribution in [0, 0.1) is 18.8 Å². The van der Waals surface area contributed by atoms with Gasteiger partial charge >= 0.3 is 0 Å². The highest BCUT2D eigenvalue weighted by Gasteiger charge is 2.30. The number of hydrogen-bond donors (Lipinski definition) is 1. The molecular formula is C14H23N3. The second kappa shape index (κ2) is 5.58. The molecule has 94 valence electrons. The van der Waals surface area contributed by atoms with E-state index in [1.165, 1.54) is 32.1 Å². The fourth-order valence-electron chi connectivity index (χ4n) is 3.10. The predicted molar refractivity (Wildman–Crippen MR) is 69.4 cm³/mol. The molecule has 2 N–H and O–H groups in total. The average molecular weight is 233 g/mol. The van der Waals surface area contributed by atoms with E-state index in [2.05, 4.69) is 16.9 Å². The smallest absolute Gasteiger partial charge is 0.125 e. The zero-order valence-electron chi connectivity index (χ0n) is 10.9. The molecule has 0 radical (unpaired) electrons. The molecule has 1 fully saturated rings. The highest BCUT2D eigenvalue weighted by atomic mass is 14.9. The fourth-order valence-corrected chi connectivity index (χ4v) is 3.10. The maximum absolute atomic E-state index is 6.41. The molecule has 0 amide bonds. The monoisotopic (exact) mass is 233 g/mol. The van der Waals surface area contributed by atoms with Gasteiger partial charge in [0.25, 0.3) is 0 Å². The van der Waals surface area contributed by atoms with Gasteiger partial charge in [-0.3, -0.25) is 0 Å². The first kappa shape index (κ1) is 12.5. The van der Waals surface area contributed by atoms with Crippen molar-refractivity contribution >= 4 is 0 Å². The molecule has 0 spiro atoms. The summed E-state index contributed by atoms with van der Waals surface area (Å²) in [6.45, 7) is 4.20. The summed E-state index contributed by atoms with van der Waals surface area (Å²) >= 11 is 0. The van der Waals surface area contributed by atoms with Crippen molar-refractivity contribution in [3.8, 4) is 0 Å². The van der Waals surface area contributed by atoms with Gasteiger partial charge < -0.3 is 5.73 Å². The van der Waals surface area contributed by atoms with Crippen LogP contribution in [0.15, 0.2) is 12.3 Å². The van der Waals surface area contributed by atoms with E-state index in [0.717, 1.165) is 17.4 Å². The Balaban J connectivity index is 2.15. The fraction of sp³-hybridized carbons (Fsp3) is 0.714. The molecular weight excluding hydrogens is 210 g/mol. The molecule has 1 aromatic rings. The van der Waals surface area contributed by atoms with Crippen LogP contribution in [0.25, 0.3) is 0 Å². The Morgan fingerprint density at radius 1 is 1.41 bits per heavy atom. The van der Waals surface area contributed by atoms with Gasteiger partial charge in [-0.15, -0.1) is 0 Å². The third-order valence-corrected chi connectivity index (χ3v) is 4.09. The Hall–Kier alpha value is -0.960. The largest absolute Gasteiger partial charge is 0.322 e. The lowest BCUT2D eigenvalue weighted by Crippen LogP contribution is -2.31. The van der Waals surface area contributed by atoms with Crippen LogP contribution in [0.3, 0.4) is 0 Å². The van der Waals surface area contributed by atoms with Gasteiger partial charge in [0.15, 0.2) is 0 Å². The van der Waals surface area contributed by atoms with Crippen LogP contribution in [0.4, 0.5) is 0 Å². The third-order valence-electron chi connectivity index (χ3n) is 4.09. The summed E-state index contributed by atoms with van der Waals surface area (Å²) in [5, 5.41) is 0. The summed E-state index contributed by atoms with van der Waals surface area (Å²) in [4.78, 5) is 8.62. The topological polar surface area (TPSA) is 51.8 Å². The lowest BCUT2D eigenvalue weighted by atomic mass is 9.73. The van der Waals surface area contributed by atoms with Crippen molar-refractivity contribution in [3.63, 3.8) is 0 Å². The highest BCUT2D eigenvalue weighted by Crippen LogP contribution is 2.38. The minimum atomic E-state index is 0.0851. The van der Waals surface area contributed by atoms with Gasteiger partial charge in [-0.25, -0.2) is 9.97 Å². The summed E-state index contributed by atoms with van der Waals surface area (Å²) in [5.74, 6) is 2.19. The van der Waals surface area contributed by atoms with Crippen molar-refractivity contribution < 1.29 is 0 Å². The molecule has 0 saturated heterocycles. The molecule has 1 aromatic heterocycles. The van der Waals surface area contributed by atoms with Crippen LogP contribution in [0.1, 0.15) is 56.6 Å². The number of hydrogen-bond acceptors (Lipinski definition) is 3. The van der Waals surface area contributed by atoms with E-state index in [0.29, 0.717) is 5.92 Å². The average Bonchev–Trinajstić information content (AvgIpc) is 2.38. The Kier molecular flexibility index (Phi) is 4.11. The van der Waals surface area contributed by atoms with E-state index in [1.54, 1.807) is 0 Å². The van der Waals surface area contributed by atoms with Gasteiger partial charge in [-0.2, -0.15) is 0 Å². The molecule has 1 heterocycles. The van der Waals surface area contributed by atoms with Crippen LogP contribution < -0.4 is 5.73 Å². The molecule has 17 heavy (non-hydrogen) atoms. The molecule has 3 unspecified atom stereocenters. The number of aryl methyl sites for hydroxylation is 1. The first-order valence-corrected chi connectivity index (χ1v) is 6.77. The Labute approximate surface area is 104 Å². The second-order valence-corrected chi connectivity index (χ2v) is 5.17. The molecule has 0 bridgehead atoms. The first-order chi connectivity index (χ1) is 8.22. The predicted octanol–water partition coefficient (Wildman–Crippen LogP) is 3.00. The summed E-state index contributed by atoms with van der Waals surface area (Å²) < 4.78 is 0.